The van der Waals surface area contributed by atoms with Crippen LogP contribution < -0.4 is 5.43 Å². The van der Waals surface area contributed by atoms with Crippen LogP contribution in [0.15, 0.2) is 33.7 Å². The van der Waals surface area contributed by atoms with Crippen molar-refractivity contribution in [2.45, 2.75) is 6.61 Å². The van der Waals surface area contributed by atoms with Crippen molar-refractivity contribution in [3.05, 3.63) is 45.3 Å². The lowest BCUT2D eigenvalue weighted by Crippen LogP contribution is -2.08. The predicted octanol–water partition coefficient (Wildman–Crippen LogP) is 1.94. The van der Waals surface area contributed by atoms with Crippen molar-refractivity contribution in [2.24, 2.45) is 0 Å². The van der Waals surface area contributed by atoms with E-state index in [1.165, 1.54) is 6.26 Å². The highest BCUT2D eigenvalue weighted by Crippen LogP contribution is 2.20. The van der Waals surface area contributed by atoms with E-state index in [2.05, 4.69) is 0 Å². The van der Waals surface area contributed by atoms with Crippen molar-refractivity contribution in [2.75, 3.05) is 0 Å². The fraction of sp³-hybridized carbons (Fsp3) is 0.100. The van der Waals surface area contributed by atoms with E-state index < -0.39 is 0 Å². The second-order valence-corrected chi connectivity index (χ2v) is 3.27. The van der Waals surface area contributed by atoms with Gasteiger partial charge in [-0.3, -0.25) is 4.79 Å². The zero-order valence-corrected chi connectivity index (χ0v) is 7.91. The highest BCUT2D eigenvalue weighted by Gasteiger charge is 2.07. The Labute approximate surface area is 84.5 Å². The molecule has 1 heterocycles. The summed E-state index contributed by atoms with van der Waals surface area (Å²) in [6, 6.07) is 4.93. The molecule has 1 N–H and O–H groups in total. The molecule has 0 amide bonds. The van der Waals surface area contributed by atoms with E-state index in [0.29, 0.717) is 16.0 Å². The molecule has 4 heteroatoms. The molecule has 2 rings (SSSR count). The molecule has 14 heavy (non-hydrogen) atoms. The summed E-state index contributed by atoms with van der Waals surface area (Å²) < 4.78 is 5.15. The van der Waals surface area contributed by atoms with Crippen LogP contribution in [0.25, 0.3) is 11.0 Å². The summed E-state index contributed by atoms with van der Waals surface area (Å²) in [7, 11) is 0. The highest BCUT2D eigenvalue weighted by atomic mass is 35.5. The van der Waals surface area contributed by atoms with E-state index in [9.17, 15) is 4.79 Å². The maximum atomic E-state index is 11.6. The second-order valence-electron chi connectivity index (χ2n) is 2.86. The van der Waals surface area contributed by atoms with Gasteiger partial charge in [-0.2, -0.15) is 0 Å². The van der Waals surface area contributed by atoms with Crippen molar-refractivity contribution in [1.82, 2.24) is 0 Å². The van der Waals surface area contributed by atoms with Crippen molar-refractivity contribution in [3.63, 3.8) is 0 Å². The summed E-state index contributed by atoms with van der Waals surface area (Å²) in [5.74, 6) is 0. The van der Waals surface area contributed by atoms with Crippen LogP contribution in [-0.2, 0) is 6.61 Å². The van der Waals surface area contributed by atoms with Crippen LogP contribution in [0.1, 0.15) is 5.56 Å². The molecule has 0 aliphatic carbocycles. The molecule has 0 spiro atoms. The maximum absolute atomic E-state index is 11.6. The molecule has 0 aliphatic rings. The Hall–Kier alpha value is -1.32. The molecule has 0 atom stereocenters. The summed E-state index contributed by atoms with van der Waals surface area (Å²) >= 11 is 5.83. The minimum atomic E-state index is -0.329. The van der Waals surface area contributed by atoms with Crippen LogP contribution in [0.2, 0.25) is 5.02 Å². The molecule has 72 valence electrons. The van der Waals surface area contributed by atoms with Gasteiger partial charge < -0.3 is 9.52 Å². The average molecular weight is 211 g/mol. The smallest absolute Gasteiger partial charge is 0.198 e. The number of halogens is 1. The maximum Gasteiger partial charge on any atom is 0.198 e. The molecule has 0 fully saturated rings. The molecule has 2 aromatic rings. The fourth-order valence-electron chi connectivity index (χ4n) is 1.27. The number of hydrogen-bond donors (Lipinski definition) is 1. The molecule has 1 aromatic carbocycles. The normalized spacial score (nSPS) is 10.7. The van der Waals surface area contributed by atoms with Crippen LogP contribution in [0, 0.1) is 0 Å². The Morgan fingerprint density at radius 1 is 1.43 bits per heavy atom. The lowest BCUT2D eigenvalue weighted by Gasteiger charge is -2.00. The summed E-state index contributed by atoms with van der Waals surface area (Å²) in [5.41, 5.74) is 0.354. The Morgan fingerprint density at radius 2 is 2.21 bits per heavy atom. The molecule has 0 radical (unpaired) electrons. The van der Waals surface area contributed by atoms with Gasteiger partial charge in [0.15, 0.2) is 11.0 Å². The van der Waals surface area contributed by atoms with Crippen molar-refractivity contribution >= 4 is 22.6 Å². The topological polar surface area (TPSA) is 50.4 Å². The minimum absolute atomic E-state index is 0.236. The van der Waals surface area contributed by atoms with Crippen molar-refractivity contribution in [1.29, 1.82) is 0 Å². The van der Waals surface area contributed by atoms with Crippen molar-refractivity contribution < 1.29 is 9.52 Å². The van der Waals surface area contributed by atoms with E-state index in [0.717, 1.165) is 0 Å². The fourth-order valence-corrected chi connectivity index (χ4v) is 1.49. The van der Waals surface area contributed by atoms with Gasteiger partial charge in [-0.25, -0.2) is 0 Å². The first-order valence-electron chi connectivity index (χ1n) is 4.04. The average Bonchev–Trinajstić information content (AvgIpc) is 2.20. The molecular formula is C10H7ClO3. The van der Waals surface area contributed by atoms with E-state index in [1.54, 1.807) is 18.2 Å². The van der Waals surface area contributed by atoms with Crippen molar-refractivity contribution in [3.8, 4) is 0 Å². The molecule has 1 aromatic heterocycles. The third kappa shape index (κ3) is 1.31. The third-order valence-electron chi connectivity index (χ3n) is 1.99. The van der Waals surface area contributed by atoms with Gasteiger partial charge in [-0.15, -0.1) is 0 Å². The van der Waals surface area contributed by atoms with Gasteiger partial charge in [-0.1, -0.05) is 17.7 Å². The number of aliphatic hydroxyl groups is 1. The Kier molecular flexibility index (Phi) is 2.27. The van der Waals surface area contributed by atoms with Crippen LogP contribution in [0.3, 0.4) is 0 Å². The first-order chi connectivity index (χ1) is 6.74. The molecule has 0 saturated carbocycles. The lowest BCUT2D eigenvalue weighted by molar-refractivity contribution is 0.277. The standard InChI is InChI=1S/C10H7ClO3/c11-8-3-1-2-7-9(13)6(4-12)5-14-10(7)8/h1-3,5,12H,4H2. The number of benzene rings is 1. The van der Waals surface area contributed by atoms with E-state index in [1.807, 2.05) is 0 Å². The van der Waals surface area contributed by atoms with Gasteiger partial charge >= 0.3 is 0 Å². The van der Waals surface area contributed by atoms with Crippen LogP contribution in [0.5, 0.6) is 0 Å². The largest absolute Gasteiger partial charge is 0.462 e. The van der Waals surface area contributed by atoms with Gasteiger partial charge in [0.2, 0.25) is 0 Å². The summed E-state index contributed by atoms with van der Waals surface area (Å²) in [5, 5.41) is 9.64. The quantitative estimate of drug-likeness (QED) is 0.783. The van der Waals surface area contributed by atoms with Gasteiger partial charge in [0.05, 0.1) is 22.6 Å². The summed E-state index contributed by atoms with van der Waals surface area (Å²) in [4.78, 5) is 11.6. The first kappa shape index (κ1) is 9.24. The molecule has 0 saturated heterocycles. The second kappa shape index (κ2) is 3.44. The van der Waals surface area contributed by atoms with Crippen LogP contribution in [-0.4, -0.2) is 5.11 Å². The predicted molar refractivity (Wildman–Crippen MR) is 53.4 cm³/mol. The van der Waals surface area contributed by atoms with Gasteiger partial charge in [0.1, 0.15) is 6.26 Å². The monoisotopic (exact) mass is 210 g/mol. The number of rotatable bonds is 1. The molecule has 3 nitrogen and oxygen atoms in total. The van der Waals surface area contributed by atoms with Gasteiger partial charge in [0.25, 0.3) is 0 Å². The van der Waals surface area contributed by atoms with E-state index >= 15 is 0 Å². The summed E-state index contributed by atoms with van der Waals surface area (Å²) in [6.45, 7) is -0.329. The zero-order chi connectivity index (χ0) is 10.1. The Balaban J connectivity index is 2.91. The number of para-hydroxylation sites is 1. The Bertz CT molecular complexity index is 530. The number of aliphatic hydroxyl groups excluding tert-OH is 1. The van der Waals surface area contributed by atoms with Gasteiger partial charge in [0, 0.05) is 0 Å². The number of fused-ring (bicyclic) bond motifs is 1. The van der Waals surface area contributed by atoms with E-state index in [-0.39, 0.29) is 17.6 Å². The Morgan fingerprint density at radius 3 is 2.93 bits per heavy atom. The minimum Gasteiger partial charge on any atom is -0.462 e. The highest BCUT2D eigenvalue weighted by molar-refractivity contribution is 6.34. The number of hydrogen-bond acceptors (Lipinski definition) is 3. The van der Waals surface area contributed by atoms with Gasteiger partial charge in [-0.05, 0) is 12.1 Å². The van der Waals surface area contributed by atoms with Crippen LogP contribution >= 0.6 is 11.6 Å². The lowest BCUT2D eigenvalue weighted by atomic mass is 10.2. The van der Waals surface area contributed by atoms with E-state index in [4.69, 9.17) is 21.1 Å². The first-order valence-corrected chi connectivity index (χ1v) is 4.41. The SMILES string of the molecule is O=c1c(CO)coc2c(Cl)cccc12. The zero-order valence-electron chi connectivity index (χ0n) is 7.16. The molecule has 0 bridgehead atoms. The third-order valence-corrected chi connectivity index (χ3v) is 2.29. The molecule has 0 aliphatic heterocycles. The molecular weight excluding hydrogens is 204 g/mol. The van der Waals surface area contributed by atoms with Crippen LogP contribution in [0.4, 0.5) is 0 Å². The molecule has 0 unspecified atom stereocenters. The summed E-state index contributed by atoms with van der Waals surface area (Å²) in [6.07, 6.45) is 1.23.